The Morgan fingerprint density at radius 2 is 1.88 bits per heavy atom. The maximum atomic E-state index is 12.8. The zero-order chi connectivity index (χ0) is 12.5. The van der Waals surface area contributed by atoms with Crippen LogP contribution in [-0.4, -0.2) is 12.1 Å². The average molecular weight is 245 g/mol. The van der Waals surface area contributed by atoms with Gasteiger partial charge >= 0.3 is 6.18 Å². The highest BCUT2D eigenvalue weighted by molar-refractivity contribution is 5.41. The molecule has 0 saturated heterocycles. The summed E-state index contributed by atoms with van der Waals surface area (Å²) in [4.78, 5) is 2.63. The van der Waals surface area contributed by atoms with Crippen LogP contribution in [0.3, 0.4) is 0 Å². The van der Waals surface area contributed by atoms with Gasteiger partial charge < -0.3 is 4.74 Å². The number of halogens is 6. The van der Waals surface area contributed by atoms with E-state index in [0.717, 1.165) is 7.11 Å². The monoisotopic (exact) mass is 245 g/mol. The molecule has 0 atom stereocenters. The highest BCUT2D eigenvalue weighted by atomic mass is 19.4. The van der Waals surface area contributed by atoms with Gasteiger partial charge in [0.05, 0.1) is 12.7 Å². The summed E-state index contributed by atoms with van der Waals surface area (Å²) in [5, 5.41) is 0. The first-order valence-corrected chi connectivity index (χ1v) is 3.86. The normalized spacial score (nSPS) is 12.0. The molecular formula is C8H5F6NO. The van der Waals surface area contributed by atoms with Gasteiger partial charge in [-0.2, -0.15) is 17.6 Å². The van der Waals surface area contributed by atoms with E-state index in [1.54, 1.807) is 0 Å². The molecule has 0 radical (unpaired) electrons. The van der Waals surface area contributed by atoms with Crippen LogP contribution in [0.1, 0.15) is 17.6 Å². The summed E-state index contributed by atoms with van der Waals surface area (Å²) in [5.41, 5.74) is -3.02. The van der Waals surface area contributed by atoms with Crippen LogP contribution < -0.4 is 4.74 Å². The van der Waals surface area contributed by atoms with Crippen LogP contribution in [0.25, 0.3) is 0 Å². The van der Waals surface area contributed by atoms with E-state index in [-0.39, 0.29) is 0 Å². The Balaban J connectivity index is 3.51. The van der Waals surface area contributed by atoms with Gasteiger partial charge in [0.1, 0.15) is 5.75 Å². The molecule has 8 heteroatoms. The molecule has 0 unspecified atom stereocenters. The third kappa shape index (κ3) is 2.20. The van der Waals surface area contributed by atoms with Crippen LogP contribution in [0.5, 0.6) is 5.75 Å². The zero-order valence-corrected chi connectivity index (χ0v) is 7.78. The fourth-order valence-corrected chi connectivity index (χ4v) is 1.11. The van der Waals surface area contributed by atoms with Crippen molar-refractivity contribution in [3.8, 4) is 5.75 Å². The van der Waals surface area contributed by atoms with Crippen LogP contribution >= 0.6 is 0 Å². The maximum absolute atomic E-state index is 12.8. The van der Waals surface area contributed by atoms with E-state index >= 15 is 0 Å². The Bertz CT molecular complexity index is 389. The summed E-state index contributed by atoms with van der Waals surface area (Å²) in [6.45, 7) is 0. The Labute approximate surface area is 85.9 Å². The average Bonchev–Trinajstić information content (AvgIpc) is 2.14. The van der Waals surface area contributed by atoms with Crippen LogP contribution in [0, 0.1) is 5.95 Å². The molecular weight excluding hydrogens is 240 g/mol. The molecule has 0 bridgehead atoms. The molecule has 1 aromatic rings. The number of alkyl halides is 5. The van der Waals surface area contributed by atoms with E-state index in [1.165, 1.54) is 0 Å². The van der Waals surface area contributed by atoms with Gasteiger partial charge in [-0.25, -0.2) is 13.8 Å². The number of methoxy groups -OCH3 is 1. The number of rotatable bonds is 2. The molecule has 16 heavy (non-hydrogen) atoms. The van der Waals surface area contributed by atoms with Gasteiger partial charge in [0.15, 0.2) is 5.56 Å². The zero-order valence-electron chi connectivity index (χ0n) is 7.78. The lowest BCUT2D eigenvalue weighted by Crippen LogP contribution is -2.13. The summed E-state index contributed by atoms with van der Waals surface area (Å²) < 4.78 is 78.6. The van der Waals surface area contributed by atoms with Gasteiger partial charge in [-0.15, -0.1) is 0 Å². The van der Waals surface area contributed by atoms with E-state index in [9.17, 15) is 26.3 Å². The quantitative estimate of drug-likeness (QED) is 0.589. The second-order valence-electron chi connectivity index (χ2n) is 2.71. The highest BCUT2D eigenvalue weighted by Gasteiger charge is 2.40. The first-order valence-electron chi connectivity index (χ1n) is 3.86. The largest absolute Gasteiger partial charge is 0.495 e. The second kappa shape index (κ2) is 4.18. The molecule has 1 rings (SSSR count). The predicted octanol–water partition coefficient (Wildman–Crippen LogP) is 3.19. The topological polar surface area (TPSA) is 22.1 Å². The molecule has 0 amide bonds. The van der Waals surface area contributed by atoms with Crippen molar-refractivity contribution in [2.45, 2.75) is 12.6 Å². The Hall–Kier alpha value is -1.47. The molecule has 0 spiro atoms. The van der Waals surface area contributed by atoms with Crippen molar-refractivity contribution in [2.75, 3.05) is 7.11 Å². The molecule has 0 fully saturated rings. The number of nitrogens with zero attached hydrogens (tertiary/aromatic N) is 1. The number of aromatic nitrogens is 1. The Morgan fingerprint density at radius 3 is 2.25 bits per heavy atom. The Morgan fingerprint density at radius 1 is 1.31 bits per heavy atom. The van der Waals surface area contributed by atoms with Gasteiger partial charge in [0.25, 0.3) is 6.43 Å². The molecule has 0 aliphatic carbocycles. The Kier molecular flexibility index (Phi) is 3.30. The third-order valence-corrected chi connectivity index (χ3v) is 1.74. The summed E-state index contributed by atoms with van der Waals surface area (Å²) >= 11 is 0. The molecule has 1 heterocycles. The van der Waals surface area contributed by atoms with E-state index in [4.69, 9.17) is 0 Å². The molecule has 0 saturated carbocycles. The SMILES string of the molecule is COc1c(C(F)F)cnc(F)c1C(F)(F)F. The van der Waals surface area contributed by atoms with Crippen molar-refractivity contribution < 1.29 is 31.1 Å². The van der Waals surface area contributed by atoms with Crippen LogP contribution in [0.2, 0.25) is 0 Å². The lowest BCUT2D eigenvalue weighted by molar-refractivity contribution is -0.141. The highest BCUT2D eigenvalue weighted by Crippen LogP contribution is 2.41. The van der Waals surface area contributed by atoms with Crippen molar-refractivity contribution in [1.82, 2.24) is 4.98 Å². The van der Waals surface area contributed by atoms with Crippen LogP contribution in [0.15, 0.2) is 6.20 Å². The molecule has 0 aliphatic rings. The number of ether oxygens (including phenoxy) is 1. The van der Waals surface area contributed by atoms with Crippen LogP contribution in [-0.2, 0) is 6.18 Å². The van der Waals surface area contributed by atoms with Crippen molar-refractivity contribution in [2.24, 2.45) is 0 Å². The molecule has 1 aromatic heterocycles. The second-order valence-corrected chi connectivity index (χ2v) is 2.71. The standard InChI is InChI=1S/C8H5F6NO/c1-16-5-3(6(9)10)2-15-7(11)4(5)8(12,13)14/h2,6H,1H3. The van der Waals surface area contributed by atoms with Crippen molar-refractivity contribution >= 4 is 0 Å². The van der Waals surface area contributed by atoms with Crippen molar-refractivity contribution in [3.05, 3.63) is 23.3 Å². The summed E-state index contributed by atoms with van der Waals surface area (Å²) in [5.74, 6) is -3.14. The summed E-state index contributed by atoms with van der Waals surface area (Å²) in [6, 6.07) is 0. The fourth-order valence-electron chi connectivity index (χ4n) is 1.11. The maximum Gasteiger partial charge on any atom is 0.424 e. The number of pyridine rings is 1. The minimum Gasteiger partial charge on any atom is -0.495 e. The molecule has 0 aliphatic heterocycles. The van der Waals surface area contributed by atoms with Gasteiger partial charge in [-0.1, -0.05) is 0 Å². The van der Waals surface area contributed by atoms with Gasteiger partial charge in [-0.3, -0.25) is 0 Å². The van der Waals surface area contributed by atoms with Crippen molar-refractivity contribution in [1.29, 1.82) is 0 Å². The summed E-state index contributed by atoms with van der Waals surface area (Å²) in [6.07, 6.45) is -8.06. The number of hydrogen-bond donors (Lipinski definition) is 0. The van der Waals surface area contributed by atoms with E-state index in [1.807, 2.05) is 0 Å². The first-order chi connectivity index (χ1) is 7.29. The van der Waals surface area contributed by atoms with E-state index in [0.29, 0.717) is 6.20 Å². The first kappa shape index (κ1) is 12.6. The van der Waals surface area contributed by atoms with Crippen LogP contribution in [0.4, 0.5) is 26.3 Å². The van der Waals surface area contributed by atoms with E-state index in [2.05, 4.69) is 9.72 Å². The minimum absolute atomic E-state index is 0.314. The fraction of sp³-hybridized carbons (Fsp3) is 0.375. The number of hydrogen-bond acceptors (Lipinski definition) is 2. The lowest BCUT2D eigenvalue weighted by atomic mass is 10.1. The smallest absolute Gasteiger partial charge is 0.424 e. The van der Waals surface area contributed by atoms with Gasteiger partial charge in [-0.05, 0) is 0 Å². The van der Waals surface area contributed by atoms with Gasteiger partial charge in [0, 0.05) is 6.20 Å². The predicted molar refractivity (Wildman–Crippen MR) is 40.7 cm³/mol. The molecule has 90 valence electrons. The minimum atomic E-state index is -5.15. The molecule has 0 N–H and O–H groups in total. The van der Waals surface area contributed by atoms with E-state index < -0.39 is 35.4 Å². The third-order valence-electron chi connectivity index (χ3n) is 1.74. The van der Waals surface area contributed by atoms with Gasteiger partial charge in [0.2, 0.25) is 5.95 Å². The summed E-state index contributed by atoms with van der Waals surface area (Å²) in [7, 11) is 0.746. The molecule has 2 nitrogen and oxygen atoms in total. The molecule has 0 aromatic carbocycles. The van der Waals surface area contributed by atoms with Crippen molar-refractivity contribution in [3.63, 3.8) is 0 Å². The lowest BCUT2D eigenvalue weighted by Gasteiger charge is -2.15.